The Bertz CT molecular complexity index is 2860. The number of benzene rings is 9. The van der Waals surface area contributed by atoms with Gasteiger partial charge in [0, 0.05) is 22.5 Å². The molecule has 0 aliphatic heterocycles. The molecule has 0 heterocycles. The van der Waals surface area contributed by atoms with Crippen molar-refractivity contribution in [1.29, 1.82) is 0 Å². The summed E-state index contributed by atoms with van der Waals surface area (Å²) < 4.78 is 0. The molecule has 10 rings (SSSR count). The lowest BCUT2D eigenvalue weighted by Crippen LogP contribution is -2.14. The van der Waals surface area contributed by atoms with Gasteiger partial charge in [-0.2, -0.15) is 0 Å². The van der Waals surface area contributed by atoms with Crippen molar-refractivity contribution in [3.63, 3.8) is 0 Å². The van der Waals surface area contributed by atoms with Crippen LogP contribution in [0.3, 0.4) is 0 Å². The van der Waals surface area contributed by atoms with Crippen LogP contribution in [0.2, 0.25) is 0 Å². The fraction of sp³-hybridized carbons (Fsp3) is 0.0545. The van der Waals surface area contributed by atoms with E-state index in [-0.39, 0.29) is 5.41 Å². The number of nitrogens with zero attached hydrogens (tertiary/aromatic N) is 1. The summed E-state index contributed by atoms with van der Waals surface area (Å²) in [6.45, 7) is 4.69. The Morgan fingerprint density at radius 3 is 1.46 bits per heavy atom. The SMILES string of the molecule is CC1(C)c2ccccc2-c2ccc(-c3ccc(N(c4cccc(-c5ccc(-c6ccccc6)cc5)c4)c4cccc(-c5ccc6ccccc6c5)c4)cc3)cc21. The van der Waals surface area contributed by atoms with Crippen LogP contribution in [-0.2, 0) is 5.41 Å². The van der Waals surface area contributed by atoms with E-state index in [0.717, 1.165) is 17.1 Å². The first-order valence-electron chi connectivity index (χ1n) is 19.5. The van der Waals surface area contributed by atoms with Gasteiger partial charge in [0.15, 0.2) is 0 Å². The monoisotopic (exact) mass is 715 g/mol. The number of rotatable bonds is 7. The van der Waals surface area contributed by atoms with Gasteiger partial charge in [-0.25, -0.2) is 0 Å². The molecule has 0 radical (unpaired) electrons. The normalized spacial score (nSPS) is 12.6. The zero-order chi connectivity index (χ0) is 37.6. The maximum absolute atomic E-state index is 2.40. The second-order valence-corrected chi connectivity index (χ2v) is 15.4. The van der Waals surface area contributed by atoms with Crippen LogP contribution >= 0.6 is 0 Å². The fourth-order valence-electron chi connectivity index (χ4n) is 8.64. The van der Waals surface area contributed by atoms with Crippen molar-refractivity contribution >= 4 is 27.8 Å². The average molecular weight is 716 g/mol. The van der Waals surface area contributed by atoms with E-state index in [0.29, 0.717) is 0 Å². The highest BCUT2D eigenvalue weighted by molar-refractivity contribution is 5.89. The Morgan fingerprint density at radius 1 is 0.286 bits per heavy atom. The Hall–Kier alpha value is -6.96. The summed E-state index contributed by atoms with van der Waals surface area (Å²) in [6, 6.07) is 77.6. The van der Waals surface area contributed by atoms with E-state index >= 15 is 0 Å². The van der Waals surface area contributed by atoms with Gasteiger partial charge in [-0.15, -0.1) is 0 Å². The van der Waals surface area contributed by atoms with Crippen molar-refractivity contribution in [2.75, 3.05) is 4.90 Å². The van der Waals surface area contributed by atoms with Crippen molar-refractivity contribution in [3.05, 3.63) is 223 Å². The standard InChI is InChI=1S/C55H41N/c1-55(2)53-21-9-8-20-51(53)52-33-30-47(37-54(52)55)42-28-31-48(32-29-42)56(50-19-11-17-45(36-50)46-27-26-39-14-6-7-15-43(39)34-46)49-18-10-16-44(35-49)41-24-22-40(23-25-41)38-12-4-3-5-13-38/h3-37H,1-2H3. The highest BCUT2D eigenvalue weighted by Crippen LogP contribution is 2.49. The van der Waals surface area contributed by atoms with E-state index in [1.807, 2.05) is 0 Å². The predicted molar refractivity (Wildman–Crippen MR) is 238 cm³/mol. The number of anilines is 3. The molecule has 0 amide bonds. The molecule has 0 saturated carbocycles. The lowest BCUT2D eigenvalue weighted by Gasteiger charge is -2.27. The van der Waals surface area contributed by atoms with Gasteiger partial charge in [-0.3, -0.25) is 0 Å². The largest absolute Gasteiger partial charge is 0.310 e. The van der Waals surface area contributed by atoms with Crippen LogP contribution in [0.15, 0.2) is 212 Å². The minimum Gasteiger partial charge on any atom is -0.310 e. The first-order chi connectivity index (χ1) is 27.5. The zero-order valence-electron chi connectivity index (χ0n) is 31.7. The van der Waals surface area contributed by atoms with Crippen LogP contribution in [0.25, 0.3) is 66.4 Å². The molecule has 1 aliphatic rings. The maximum Gasteiger partial charge on any atom is 0.0467 e. The first-order valence-corrected chi connectivity index (χ1v) is 19.5. The van der Waals surface area contributed by atoms with Gasteiger partial charge in [0.2, 0.25) is 0 Å². The van der Waals surface area contributed by atoms with Crippen molar-refractivity contribution in [2.24, 2.45) is 0 Å². The summed E-state index contributed by atoms with van der Waals surface area (Å²) in [7, 11) is 0. The number of fused-ring (bicyclic) bond motifs is 4. The minimum atomic E-state index is -0.0401. The van der Waals surface area contributed by atoms with Gasteiger partial charge in [0.1, 0.15) is 0 Å². The molecule has 0 atom stereocenters. The van der Waals surface area contributed by atoms with Crippen LogP contribution in [0, 0.1) is 0 Å². The van der Waals surface area contributed by atoms with Gasteiger partial charge in [0.05, 0.1) is 0 Å². The Labute approximate surface area is 329 Å². The predicted octanol–water partition coefficient (Wildman–Crippen LogP) is 15.3. The molecule has 9 aromatic carbocycles. The summed E-state index contributed by atoms with van der Waals surface area (Å²) in [4.78, 5) is 2.39. The molecule has 266 valence electrons. The fourth-order valence-corrected chi connectivity index (χ4v) is 8.64. The second kappa shape index (κ2) is 13.7. The molecule has 0 aromatic heterocycles. The molecule has 0 saturated heterocycles. The number of hydrogen-bond donors (Lipinski definition) is 0. The zero-order valence-corrected chi connectivity index (χ0v) is 31.7. The molecule has 1 aliphatic carbocycles. The molecule has 1 heteroatoms. The van der Waals surface area contributed by atoms with E-state index in [2.05, 4.69) is 231 Å². The third-order valence-electron chi connectivity index (χ3n) is 11.7. The molecule has 0 N–H and O–H groups in total. The van der Waals surface area contributed by atoms with E-state index in [1.54, 1.807) is 0 Å². The van der Waals surface area contributed by atoms with Gasteiger partial charge >= 0.3 is 0 Å². The number of hydrogen-bond acceptors (Lipinski definition) is 1. The molecular formula is C55H41N. The molecule has 0 spiro atoms. The third-order valence-corrected chi connectivity index (χ3v) is 11.7. The van der Waals surface area contributed by atoms with Crippen LogP contribution in [0.1, 0.15) is 25.0 Å². The molecular weight excluding hydrogens is 675 g/mol. The second-order valence-electron chi connectivity index (χ2n) is 15.4. The van der Waals surface area contributed by atoms with Crippen molar-refractivity contribution in [1.82, 2.24) is 0 Å². The highest BCUT2D eigenvalue weighted by Gasteiger charge is 2.35. The van der Waals surface area contributed by atoms with Crippen molar-refractivity contribution < 1.29 is 0 Å². The lowest BCUT2D eigenvalue weighted by atomic mass is 9.81. The Balaban J connectivity index is 1.04. The van der Waals surface area contributed by atoms with Gasteiger partial charge < -0.3 is 4.90 Å². The average Bonchev–Trinajstić information content (AvgIpc) is 3.49. The molecule has 56 heavy (non-hydrogen) atoms. The maximum atomic E-state index is 2.40. The smallest absolute Gasteiger partial charge is 0.0467 e. The quantitative estimate of drug-likeness (QED) is 0.159. The van der Waals surface area contributed by atoms with Crippen LogP contribution in [-0.4, -0.2) is 0 Å². The van der Waals surface area contributed by atoms with Crippen molar-refractivity contribution in [3.8, 4) is 55.6 Å². The van der Waals surface area contributed by atoms with E-state index in [4.69, 9.17) is 0 Å². The Morgan fingerprint density at radius 2 is 0.750 bits per heavy atom. The molecule has 0 fully saturated rings. The third kappa shape index (κ3) is 5.99. The lowest BCUT2D eigenvalue weighted by molar-refractivity contribution is 0.660. The summed E-state index contributed by atoms with van der Waals surface area (Å²) >= 11 is 0. The minimum absolute atomic E-state index is 0.0401. The summed E-state index contributed by atoms with van der Waals surface area (Å²) in [5, 5.41) is 2.49. The molecule has 1 nitrogen and oxygen atoms in total. The van der Waals surface area contributed by atoms with Crippen LogP contribution in [0.5, 0.6) is 0 Å². The van der Waals surface area contributed by atoms with E-state index < -0.39 is 0 Å². The Kier molecular flexibility index (Phi) is 8.23. The topological polar surface area (TPSA) is 3.24 Å². The first kappa shape index (κ1) is 33.6. The van der Waals surface area contributed by atoms with Crippen molar-refractivity contribution in [2.45, 2.75) is 19.3 Å². The summed E-state index contributed by atoms with van der Waals surface area (Å²) in [5.41, 5.74) is 18.4. The van der Waals surface area contributed by atoms with Crippen LogP contribution in [0.4, 0.5) is 17.1 Å². The molecule has 9 aromatic rings. The van der Waals surface area contributed by atoms with Gasteiger partial charge in [0.25, 0.3) is 0 Å². The highest BCUT2D eigenvalue weighted by atomic mass is 15.1. The molecule has 0 unspecified atom stereocenters. The van der Waals surface area contributed by atoms with E-state index in [1.165, 1.54) is 77.5 Å². The summed E-state index contributed by atoms with van der Waals surface area (Å²) in [6.07, 6.45) is 0. The van der Waals surface area contributed by atoms with Gasteiger partial charge in [-0.05, 0) is 126 Å². The van der Waals surface area contributed by atoms with Gasteiger partial charge in [-0.1, -0.05) is 178 Å². The van der Waals surface area contributed by atoms with E-state index in [9.17, 15) is 0 Å². The summed E-state index contributed by atoms with van der Waals surface area (Å²) in [5.74, 6) is 0. The molecule has 0 bridgehead atoms. The van der Waals surface area contributed by atoms with Crippen LogP contribution < -0.4 is 4.90 Å².